The summed E-state index contributed by atoms with van der Waals surface area (Å²) in [7, 11) is 10.3. The van der Waals surface area contributed by atoms with Crippen molar-refractivity contribution in [3.8, 4) is 0 Å². The fraction of sp³-hybridized carbons (Fsp3) is 0.545. The van der Waals surface area contributed by atoms with Crippen molar-refractivity contribution in [2.75, 3.05) is 0 Å². The van der Waals surface area contributed by atoms with Crippen LogP contribution in [0.1, 0.15) is 58.8 Å². The number of allylic oxidation sites excluding steroid dienone is 6. The van der Waals surface area contributed by atoms with Gasteiger partial charge in [-0.1, -0.05) is 127 Å². The van der Waals surface area contributed by atoms with Crippen LogP contribution < -0.4 is 0 Å². The third-order valence-electron chi connectivity index (χ3n) is 4.32. The molecule has 0 aliphatic rings. The Balaban J connectivity index is 4.42. The van der Waals surface area contributed by atoms with E-state index in [9.17, 15) is 0 Å². The molecule has 0 radical (unpaired) electrons. The summed E-state index contributed by atoms with van der Waals surface area (Å²) < 4.78 is 17.1. The summed E-state index contributed by atoms with van der Waals surface area (Å²) in [6.07, 6.45) is 29.1. The van der Waals surface area contributed by atoms with Crippen molar-refractivity contribution in [2.45, 2.75) is 77.1 Å². The Morgan fingerprint density at radius 2 is 1.48 bits per heavy atom. The van der Waals surface area contributed by atoms with Crippen LogP contribution in [-0.4, -0.2) is 18.3 Å². The molecule has 0 fully saturated rings. The van der Waals surface area contributed by atoms with E-state index in [4.69, 9.17) is 13.6 Å². The highest BCUT2D eigenvalue weighted by molar-refractivity contribution is 8.41. The van der Waals surface area contributed by atoms with Gasteiger partial charge in [0.05, 0.1) is 25.8 Å². The van der Waals surface area contributed by atoms with Crippen LogP contribution in [0.5, 0.6) is 0 Å². The molecule has 8 atom stereocenters. The van der Waals surface area contributed by atoms with Gasteiger partial charge in [-0.2, -0.15) is 0 Å². The van der Waals surface area contributed by atoms with Crippen molar-refractivity contribution in [3.05, 3.63) is 60.8 Å². The van der Waals surface area contributed by atoms with Gasteiger partial charge in [0.25, 0.3) is 0 Å². The molecule has 0 aromatic heterocycles. The lowest BCUT2D eigenvalue weighted by atomic mass is 10.1. The van der Waals surface area contributed by atoms with Crippen molar-refractivity contribution in [2.24, 2.45) is 0 Å². The van der Waals surface area contributed by atoms with E-state index < -0.39 is 7.53 Å². The quantitative estimate of drug-likeness (QED) is 0.0931. The first-order chi connectivity index (χ1) is 15.1. The van der Waals surface area contributed by atoms with E-state index in [2.05, 4.69) is 86.6 Å². The molecule has 0 aromatic rings. The van der Waals surface area contributed by atoms with E-state index in [0.717, 1.165) is 19.3 Å². The first-order valence-corrected chi connectivity index (χ1v) is 18.5. The van der Waals surface area contributed by atoms with E-state index >= 15 is 0 Å². The Bertz CT molecular complexity index is 549. The summed E-state index contributed by atoms with van der Waals surface area (Å²) in [5, 5.41) is 0. The first kappa shape index (κ1) is 32.2. The van der Waals surface area contributed by atoms with Crippen LogP contribution >= 0.6 is 52.3 Å². The Hall–Kier alpha value is 1.16. The second-order valence-electron chi connectivity index (χ2n) is 6.91. The van der Waals surface area contributed by atoms with Gasteiger partial charge >= 0.3 is 0 Å². The highest BCUT2D eigenvalue weighted by atomic mass is 32.4. The van der Waals surface area contributed by atoms with E-state index in [1.54, 1.807) is 0 Å². The molecule has 8 unspecified atom stereocenters. The number of rotatable bonds is 19. The summed E-state index contributed by atoms with van der Waals surface area (Å²) >= 11 is 0. The fourth-order valence-corrected chi connectivity index (χ4v) is 5.19. The largest absolute Gasteiger partial charge is 0.358 e. The molecule has 0 aliphatic heterocycles. The van der Waals surface area contributed by atoms with Crippen LogP contribution in [0.2, 0.25) is 0 Å². The van der Waals surface area contributed by atoms with Crippen LogP contribution in [0.15, 0.2) is 60.8 Å². The molecular formula is C22H42O3P6. The minimum Gasteiger partial charge on any atom is -0.358 e. The van der Waals surface area contributed by atoms with Crippen molar-refractivity contribution in [1.82, 2.24) is 0 Å². The van der Waals surface area contributed by atoms with Gasteiger partial charge in [0.2, 0.25) is 0 Å². The summed E-state index contributed by atoms with van der Waals surface area (Å²) in [6.45, 7) is 4.36. The molecule has 0 bridgehead atoms. The van der Waals surface area contributed by atoms with E-state index in [1.807, 2.05) is 24.3 Å². The van der Waals surface area contributed by atoms with Gasteiger partial charge < -0.3 is 13.6 Å². The Kier molecular flexibility index (Phi) is 25.2. The van der Waals surface area contributed by atoms with E-state index in [-0.39, 0.29) is 18.3 Å². The first-order valence-electron chi connectivity index (χ1n) is 10.8. The smallest absolute Gasteiger partial charge is 0.0836 e. The Morgan fingerprint density at radius 3 is 2.06 bits per heavy atom. The SMILES string of the molecule is CCCCCCC(/C=C/C=C\CC(/C=C/C=C\C=C\C(CC)OP(P)P)OPP)OP. The normalized spacial score (nSPS) is 16.5. The molecule has 0 aromatic carbocycles. The van der Waals surface area contributed by atoms with Crippen LogP contribution in [0, 0.1) is 0 Å². The lowest BCUT2D eigenvalue weighted by molar-refractivity contribution is 0.274. The van der Waals surface area contributed by atoms with Crippen LogP contribution in [0.4, 0.5) is 0 Å². The van der Waals surface area contributed by atoms with E-state index in [1.165, 1.54) is 25.7 Å². The zero-order chi connectivity index (χ0) is 23.2. The van der Waals surface area contributed by atoms with Gasteiger partial charge in [-0.25, -0.2) is 0 Å². The number of hydrogen-bond acceptors (Lipinski definition) is 3. The highest BCUT2D eigenvalue weighted by Gasteiger charge is 2.04. The van der Waals surface area contributed by atoms with Gasteiger partial charge in [0, 0.05) is 18.0 Å². The predicted molar refractivity (Wildman–Crippen MR) is 158 cm³/mol. The second-order valence-corrected chi connectivity index (χ2v) is 14.1. The Morgan fingerprint density at radius 1 is 0.839 bits per heavy atom. The van der Waals surface area contributed by atoms with Gasteiger partial charge in [-0.05, 0) is 19.3 Å². The second kappa shape index (κ2) is 24.3. The maximum absolute atomic E-state index is 5.80. The van der Waals surface area contributed by atoms with Crippen molar-refractivity contribution < 1.29 is 13.6 Å². The predicted octanol–water partition coefficient (Wildman–Crippen LogP) is 8.84. The zero-order valence-electron chi connectivity index (χ0n) is 18.9. The number of unbranched alkanes of at least 4 members (excludes halogenated alkanes) is 3. The molecular weight excluding hydrogens is 498 g/mol. The maximum Gasteiger partial charge on any atom is 0.0836 e. The third kappa shape index (κ3) is 21.4. The van der Waals surface area contributed by atoms with Gasteiger partial charge in [-0.3, -0.25) is 0 Å². The topological polar surface area (TPSA) is 27.7 Å². The zero-order valence-corrected chi connectivity index (χ0v) is 25.4. The summed E-state index contributed by atoms with van der Waals surface area (Å²) in [5.41, 5.74) is 0. The van der Waals surface area contributed by atoms with Crippen LogP contribution in [0.3, 0.4) is 0 Å². The summed E-state index contributed by atoms with van der Waals surface area (Å²) in [4.78, 5) is 0. The molecule has 9 heteroatoms. The van der Waals surface area contributed by atoms with Crippen molar-refractivity contribution in [1.29, 1.82) is 0 Å². The molecule has 0 saturated carbocycles. The van der Waals surface area contributed by atoms with E-state index in [0.29, 0.717) is 8.50 Å². The van der Waals surface area contributed by atoms with Gasteiger partial charge in [-0.15, -0.1) is 0 Å². The summed E-state index contributed by atoms with van der Waals surface area (Å²) in [6, 6.07) is 0. The highest BCUT2D eigenvalue weighted by Crippen LogP contribution is 2.54. The summed E-state index contributed by atoms with van der Waals surface area (Å²) in [5.74, 6) is 0. The molecule has 0 N–H and O–H groups in total. The standard InChI is InChI=1S/C22H42O3P6/c1-3-5-6-10-16-21(23-26)17-13-9-14-19-22(24-30-27)18-12-8-7-11-15-20(4-2)25-31(28)29/h7-9,11-15,17-18,20-22,30H,3-6,10,16,19,26-29H2,1-2H3/b8-7-,14-9-,15-11+,17-13+,18-12+. The minimum absolute atomic E-state index is 0.0708. The molecule has 3 nitrogen and oxygen atoms in total. The van der Waals surface area contributed by atoms with Crippen molar-refractivity contribution in [3.63, 3.8) is 0 Å². The van der Waals surface area contributed by atoms with Crippen molar-refractivity contribution >= 4 is 52.3 Å². The van der Waals surface area contributed by atoms with Crippen LogP contribution in [0.25, 0.3) is 0 Å². The molecule has 0 amide bonds. The number of hydrogen-bond donors (Lipinski definition) is 0. The molecule has 31 heavy (non-hydrogen) atoms. The lowest BCUT2D eigenvalue weighted by Crippen LogP contribution is -2.03. The van der Waals surface area contributed by atoms with Gasteiger partial charge in [0.1, 0.15) is 0 Å². The molecule has 0 rings (SSSR count). The molecule has 0 aliphatic carbocycles. The molecule has 178 valence electrons. The molecule has 0 spiro atoms. The average Bonchev–Trinajstić information content (AvgIpc) is 2.75. The minimum atomic E-state index is -0.498. The molecule has 0 heterocycles. The van der Waals surface area contributed by atoms with Gasteiger partial charge in [0.15, 0.2) is 0 Å². The lowest BCUT2D eigenvalue weighted by Gasteiger charge is -2.13. The van der Waals surface area contributed by atoms with Crippen LogP contribution in [-0.2, 0) is 13.6 Å². The Labute approximate surface area is 203 Å². The fourth-order valence-electron chi connectivity index (χ4n) is 2.62. The average molecular weight is 540 g/mol. The third-order valence-corrected chi connectivity index (χ3v) is 6.76. The monoisotopic (exact) mass is 540 g/mol. The maximum atomic E-state index is 5.80. The molecule has 0 saturated heterocycles.